The van der Waals surface area contributed by atoms with Crippen molar-refractivity contribution in [2.75, 3.05) is 24.3 Å². The molecular formula is C23H31Cl2FN2O3S. The van der Waals surface area contributed by atoms with E-state index in [1.165, 1.54) is 12.3 Å². The van der Waals surface area contributed by atoms with Gasteiger partial charge < -0.3 is 9.64 Å². The molecule has 1 heterocycles. The Kier molecular flexibility index (Phi) is 12.6. The van der Waals surface area contributed by atoms with E-state index >= 15 is 0 Å². The van der Waals surface area contributed by atoms with Crippen LogP contribution in [0.15, 0.2) is 36.4 Å². The third-order valence-electron chi connectivity index (χ3n) is 4.47. The molecule has 2 aromatic rings. The number of ether oxygens (including phenoxy) is 1. The maximum atomic E-state index is 14.3. The lowest BCUT2D eigenvalue weighted by Gasteiger charge is -2.27. The topological polar surface area (TPSA) is 58.6 Å². The molecule has 2 aromatic carbocycles. The second-order valence-electron chi connectivity index (χ2n) is 6.42. The van der Waals surface area contributed by atoms with Gasteiger partial charge in [-0.05, 0) is 43.2 Å². The number of hydrogen-bond acceptors (Lipinski definition) is 4. The first-order valence-corrected chi connectivity index (χ1v) is 12.9. The summed E-state index contributed by atoms with van der Waals surface area (Å²) in [4.78, 5) is 14.1. The quantitative estimate of drug-likeness (QED) is 0.504. The van der Waals surface area contributed by atoms with Crippen LogP contribution >= 0.6 is 23.2 Å². The number of anilines is 1. The van der Waals surface area contributed by atoms with Gasteiger partial charge in [0.1, 0.15) is 29.2 Å². The average Bonchev–Trinajstić information content (AvgIpc) is 3.25. The Balaban J connectivity index is 0.00000121. The Morgan fingerprint density at radius 3 is 2.41 bits per heavy atom. The minimum absolute atomic E-state index is 0.115. The Hall–Kier alpha value is -1.83. The van der Waals surface area contributed by atoms with Gasteiger partial charge in [0, 0.05) is 29.6 Å². The van der Waals surface area contributed by atoms with Crippen LogP contribution in [-0.2, 0) is 11.0 Å². The molecule has 9 heteroatoms. The molecule has 32 heavy (non-hydrogen) atoms. The van der Waals surface area contributed by atoms with Crippen LogP contribution in [0.1, 0.15) is 50.9 Å². The standard InChI is InChI=1S/C19H19Cl2FN2O3S.2C2H6/c1-28(26)23-19(25)15-9-16(21)18(10-17(15)22)27-11-14-3-2-8-24(14)13-6-4-12(20)5-7-13;2*1-2/h4-7,9-10,14H,2-3,8,11H2,1H3,(H,23,25);2*1-2H3. The molecule has 1 fully saturated rings. The molecule has 2 unspecified atom stereocenters. The molecule has 3 rings (SSSR count). The zero-order valence-electron chi connectivity index (χ0n) is 19.1. The summed E-state index contributed by atoms with van der Waals surface area (Å²) < 4.78 is 33.3. The molecule has 0 bridgehead atoms. The molecule has 178 valence electrons. The highest BCUT2D eigenvalue weighted by molar-refractivity contribution is 7.82. The van der Waals surface area contributed by atoms with Crippen molar-refractivity contribution in [3.05, 3.63) is 57.8 Å². The van der Waals surface area contributed by atoms with Crippen LogP contribution in [0.5, 0.6) is 5.75 Å². The molecule has 1 aliphatic heterocycles. The fraction of sp³-hybridized carbons (Fsp3) is 0.435. The fourth-order valence-corrected chi connectivity index (χ4v) is 3.88. The number of carbonyl (C=O) groups is 1. The molecule has 1 amide bonds. The van der Waals surface area contributed by atoms with Crippen molar-refractivity contribution in [2.45, 2.75) is 46.6 Å². The van der Waals surface area contributed by atoms with Crippen molar-refractivity contribution in [1.82, 2.24) is 4.72 Å². The van der Waals surface area contributed by atoms with Gasteiger partial charge in [-0.15, -0.1) is 0 Å². The Labute approximate surface area is 202 Å². The first-order chi connectivity index (χ1) is 15.3. The van der Waals surface area contributed by atoms with Gasteiger partial charge in [-0.3, -0.25) is 9.52 Å². The van der Waals surface area contributed by atoms with E-state index in [0.717, 1.165) is 31.1 Å². The zero-order valence-corrected chi connectivity index (χ0v) is 21.4. The van der Waals surface area contributed by atoms with Gasteiger partial charge in [0.05, 0.1) is 16.6 Å². The summed E-state index contributed by atoms with van der Waals surface area (Å²) in [6.45, 7) is 9.22. The smallest absolute Gasteiger partial charge is 0.265 e. The van der Waals surface area contributed by atoms with E-state index in [0.29, 0.717) is 11.6 Å². The number of halogens is 3. The predicted molar refractivity (Wildman–Crippen MR) is 133 cm³/mol. The monoisotopic (exact) mass is 504 g/mol. The first kappa shape index (κ1) is 28.2. The summed E-state index contributed by atoms with van der Waals surface area (Å²) in [5.41, 5.74) is 0.767. The Morgan fingerprint density at radius 2 is 1.81 bits per heavy atom. The molecule has 1 aliphatic rings. The number of nitrogens with zero attached hydrogens (tertiary/aromatic N) is 1. The van der Waals surface area contributed by atoms with Gasteiger partial charge in [-0.25, -0.2) is 8.60 Å². The molecule has 0 saturated carbocycles. The van der Waals surface area contributed by atoms with Gasteiger partial charge in [0.25, 0.3) is 5.91 Å². The summed E-state index contributed by atoms with van der Waals surface area (Å²) in [6.07, 6.45) is 3.24. The van der Waals surface area contributed by atoms with Gasteiger partial charge in [-0.2, -0.15) is 0 Å². The lowest BCUT2D eigenvalue weighted by atomic mass is 10.2. The van der Waals surface area contributed by atoms with Crippen molar-refractivity contribution in [3.63, 3.8) is 0 Å². The van der Waals surface area contributed by atoms with E-state index in [4.69, 9.17) is 27.9 Å². The lowest BCUT2D eigenvalue weighted by Crippen LogP contribution is -2.34. The largest absolute Gasteiger partial charge is 0.490 e. The number of nitrogens with one attached hydrogen (secondary N) is 1. The van der Waals surface area contributed by atoms with Crippen LogP contribution in [-0.4, -0.2) is 35.6 Å². The van der Waals surface area contributed by atoms with Gasteiger partial charge in [0.2, 0.25) is 0 Å². The molecule has 0 aliphatic carbocycles. The van der Waals surface area contributed by atoms with Gasteiger partial charge in [0.15, 0.2) is 0 Å². The minimum atomic E-state index is -1.60. The van der Waals surface area contributed by atoms with Crippen LogP contribution < -0.4 is 14.4 Å². The molecule has 5 nitrogen and oxygen atoms in total. The fourth-order valence-electron chi connectivity index (χ4n) is 3.17. The van der Waals surface area contributed by atoms with Crippen molar-refractivity contribution < 1.29 is 18.1 Å². The van der Waals surface area contributed by atoms with E-state index < -0.39 is 22.7 Å². The summed E-state index contributed by atoms with van der Waals surface area (Å²) in [6, 6.07) is 9.97. The summed E-state index contributed by atoms with van der Waals surface area (Å²) in [5, 5.41) is 0.790. The van der Waals surface area contributed by atoms with Crippen LogP contribution in [0, 0.1) is 5.82 Å². The van der Waals surface area contributed by atoms with E-state index in [-0.39, 0.29) is 22.4 Å². The molecule has 2 atom stereocenters. The minimum Gasteiger partial charge on any atom is -0.490 e. The highest BCUT2D eigenvalue weighted by atomic mass is 35.5. The number of rotatable bonds is 6. The van der Waals surface area contributed by atoms with Crippen molar-refractivity contribution in [2.24, 2.45) is 0 Å². The zero-order chi connectivity index (χ0) is 24.3. The van der Waals surface area contributed by atoms with Gasteiger partial charge in [-0.1, -0.05) is 50.9 Å². The van der Waals surface area contributed by atoms with Crippen molar-refractivity contribution in [1.29, 1.82) is 0 Å². The lowest BCUT2D eigenvalue weighted by molar-refractivity contribution is 0.0979. The maximum Gasteiger partial charge on any atom is 0.265 e. The van der Waals surface area contributed by atoms with Crippen LogP contribution in [0.25, 0.3) is 0 Å². The van der Waals surface area contributed by atoms with Gasteiger partial charge >= 0.3 is 0 Å². The van der Waals surface area contributed by atoms with E-state index in [1.807, 2.05) is 52.0 Å². The molecule has 1 N–H and O–H groups in total. The van der Waals surface area contributed by atoms with Crippen molar-refractivity contribution in [3.8, 4) is 5.75 Å². The highest BCUT2D eigenvalue weighted by Crippen LogP contribution is 2.31. The normalized spacial score (nSPS) is 15.6. The second kappa shape index (κ2) is 14.3. The average molecular weight is 505 g/mol. The third-order valence-corrected chi connectivity index (χ3v) is 5.49. The maximum absolute atomic E-state index is 14.3. The summed E-state index contributed by atoms with van der Waals surface area (Å²) >= 11 is 12.1. The number of benzene rings is 2. The van der Waals surface area contributed by atoms with Crippen LogP contribution in [0.2, 0.25) is 10.0 Å². The second-order valence-corrected chi connectivity index (χ2v) is 8.38. The Morgan fingerprint density at radius 1 is 1.19 bits per heavy atom. The third kappa shape index (κ3) is 7.94. The highest BCUT2D eigenvalue weighted by Gasteiger charge is 2.26. The molecular weight excluding hydrogens is 474 g/mol. The SMILES string of the molecule is CC.CC.CS(=O)NC(=O)c1cc(Cl)c(OCC2CCCN2c2ccc(Cl)cc2)cc1F. The van der Waals surface area contributed by atoms with E-state index in [2.05, 4.69) is 9.62 Å². The first-order valence-electron chi connectivity index (χ1n) is 10.6. The van der Waals surface area contributed by atoms with Crippen LogP contribution in [0.4, 0.5) is 10.1 Å². The van der Waals surface area contributed by atoms with E-state index in [1.54, 1.807) is 0 Å². The summed E-state index contributed by atoms with van der Waals surface area (Å²) in [7, 11) is -1.60. The predicted octanol–water partition coefficient (Wildman–Crippen LogP) is 6.26. The number of amides is 1. The molecule has 1 saturated heterocycles. The summed E-state index contributed by atoms with van der Waals surface area (Å²) in [5.74, 6) is -1.42. The van der Waals surface area contributed by atoms with Crippen LogP contribution in [0.3, 0.4) is 0 Å². The Bertz CT molecular complexity index is 898. The van der Waals surface area contributed by atoms with Crippen molar-refractivity contribution >= 4 is 45.8 Å². The number of hydrogen-bond donors (Lipinski definition) is 1. The molecule has 0 spiro atoms. The number of carbonyl (C=O) groups excluding carboxylic acids is 1. The molecule has 0 aromatic heterocycles. The molecule has 0 radical (unpaired) electrons. The van der Waals surface area contributed by atoms with E-state index in [9.17, 15) is 13.4 Å².